The summed E-state index contributed by atoms with van der Waals surface area (Å²) >= 11 is 1.76. The molecule has 0 aliphatic heterocycles. The van der Waals surface area contributed by atoms with E-state index in [0.29, 0.717) is 25.1 Å². The summed E-state index contributed by atoms with van der Waals surface area (Å²) in [6.07, 6.45) is 1.75. The lowest BCUT2D eigenvalue weighted by molar-refractivity contribution is 0.0338. The molecule has 1 aromatic rings. The molecule has 4 heteroatoms. The lowest BCUT2D eigenvalue weighted by Gasteiger charge is -2.23. The van der Waals surface area contributed by atoms with Gasteiger partial charge in [-0.1, -0.05) is 33.3 Å². The number of rotatable bonds is 10. The van der Waals surface area contributed by atoms with E-state index in [1.54, 1.807) is 11.3 Å². The van der Waals surface area contributed by atoms with Crippen LogP contribution in [0.15, 0.2) is 17.5 Å². The average Bonchev–Trinajstić information content (AvgIpc) is 2.88. The van der Waals surface area contributed by atoms with E-state index in [4.69, 9.17) is 4.74 Å². The second-order valence-electron chi connectivity index (χ2n) is 5.23. The third-order valence-corrected chi connectivity index (χ3v) is 4.00. The van der Waals surface area contributed by atoms with Gasteiger partial charge in [-0.2, -0.15) is 0 Å². The zero-order valence-electron chi connectivity index (χ0n) is 12.3. The first-order valence-electron chi connectivity index (χ1n) is 7.17. The summed E-state index contributed by atoms with van der Waals surface area (Å²) in [5, 5.41) is 15.4. The molecule has 2 N–H and O–H groups in total. The number of ether oxygens (including phenoxy) is 1. The normalized spacial score (nSPS) is 14.8. The van der Waals surface area contributed by atoms with Gasteiger partial charge in [0.05, 0.1) is 12.7 Å². The van der Waals surface area contributed by atoms with E-state index >= 15 is 0 Å². The number of hydrogen-bond donors (Lipinski definition) is 2. The first kappa shape index (κ1) is 16.6. The summed E-state index contributed by atoms with van der Waals surface area (Å²) in [5.74, 6) is 0.506. The molecule has 2 unspecified atom stereocenters. The molecular weight excluding hydrogens is 258 g/mol. The molecular formula is C15H27NO2S. The summed E-state index contributed by atoms with van der Waals surface area (Å²) in [5.41, 5.74) is 0. The molecule has 0 spiro atoms. The Morgan fingerprint density at radius 1 is 1.42 bits per heavy atom. The van der Waals surface area contributed by atoms with Crippen LogP contribution in [0.4, 0.5) is 0 Å². The molecule has 0 saturated heterocycles. The van der Waals surface area contributed by atoms with Crippen molar-refractivity contribution in [2.75, 3.05) is 19.8 Å². The molecule has 0 amide bonds. The summed E-state index contributed by atoms with van der Waals surface area (Å²) < 4.78 is 5.43. The molecule has 0 fully saturated rings. The van der Waals surface area contributed by atoms with E-state index in [0.717, 1.165) is 19.4 Å². The Morgan fingerprint density at radius 2 is 2.21 bits per heavy atom. The maximum atomic E-state index is 9.89. The number of aliphatic hydroxyl groups excluding tert-OH is 1. The highest BCUT2D eigenvalue weighted by atomic mass is 32.1. The number of thiophene rings is 1. The predicted octanol–water partition coefficient (Wildman–Crippen LogP) is 3.21. The van der Waals surface area contributed by atoms with Crippen molar-refractivity contribution in [1.82, 2.24) is 5.32 Å². The van der Waals surface area contributed by atoms with Crippen LogP contribution in [0.25, 0.3) is 0 Å². The molecule has 1 aromatic heterocycles. The average molecular weight is 285 g/mol. The third-order valence-electron chi connectivity index (χ3n) is 3.04. The van der Waals surface area contributed by atoms with Crippen molar-refractivity contribution >= 4 is 11.3 Å². The van der Waals surface area contributed by atoms with Crippen LogP contribution in [0.2, 0.25) is 0 Å². The minimum atomic E-state index is -0.432. The van der Waals surface area contributed by atoms with E-state index in [1.807, 2.05) is 0 Å². The van der Waals surface area contributed by atoms with E-state index in [1.165, 1.54) is 4.88 Å². The van der Waals surface area contributed by atoms with Crippen LogP contribution in [0, 0.1) is 5.92 Å². The fourth-order valence-electron chi connectivity index (χ4n) is 1.92. The number of aliphatic hydroxyl groups is 1. The predicted molar refractivity (Wildman–Crippen MR) is 81.6 cm³/mol. The van der Waals surface area contributed by atoms with Crippen LogP contribution < -0.4 is 5.32 Å². The quantitative estimate of drug-likeness (QED) is 0.649. The van der Waals surface area contributed by atoms with Crippen LogP contribution in [-0.2, 0) is 4.74 Å². The lowest BCUT2D eigenvalue weighted by atomic mass is 10.0. The Labute approximate surface area is 121 Å². The molecule has 1 heterocycles. The van der Waals surface area contributed by atoms with Crippen LogP contribution >= 0.6 is 11.3 Å². The highest BCUT2D eigenvalue weighted by Crippen LogP contribution is 2.25. The Hall–Kier alpha value is -0.420. The van der Waals surface area contributed by atoms with Crippen LogP contribution in [0.3, 0.4) is 0 Å². The van der Waals surface area contributed by atoms with Crippen LogP contribution in [-0.4, -0.2) is 31.0 Å². The van der Waals surface area contributed by atoms with Gasteiger partial charge in [0, 0.05) is 24.1 Å². The van der Waals surface area contributed by atoms with Gasteiger partial charge >= 0.3 is 0 Å². The zero-order valence-corrected chi connectivity index (χ0v) is 13.1. The standard InChI is InChI=1S/C15H27NO2S/c1-4-5-8-18-11-13(17)10-16-15(12(2)3)14-7-6-9-19-14/h6-7,9,12-13,15-17H,4-5,8,10-11H2,1-3H3. The van der Waals surface area contributed by atoms with Crippen molar-refractivity contribution in [3.05, 3.63) is 22.4 Å². The first-order chi connectivity index (χ1) is 9.15. The van der Waals surface area contributed by atoms with E-state index in [-0.39, 0.29) is 0 Å². The Bertz CT molecular complexity index is 314. The maximum absolute atomic E-state index is 9.89. The molecule has 0 aromatic carbocycles. The largest absolute Gasteiger partial charge is 0.389 e. The minimum absolute atomic E-state index is 0.310. The Morgan fingerprint density at radius 3 is 2.79 bits per heavy atom. The molecule has 0 saturated carbocycles. The van der Waals surface area contributed by atoms with Gasteiger partial charge in [-0.05, 0) is 23.8 Å². The molecule has 19 heavy (non-hydrogen) atoms. The monoisotopic (exact) mass is 285 g/mol. The smallest absolute Gasteiger partial charge is 0.0897 e. The van der Waals surface area contributed by atoms with Crippen molar-refractivity contribution in [3.8, 4) is 0 Å². The van der Waals surface area contributed by atoms with Gasteiger partial charge in [-0.15, -0.1) is 11.3 Å². The fourth-order valence-corrected chi connectivity index (χ4v) is 2.89. The summed E-state index contributed by atoms with van der Waals surface area (Å²) in [6, 6.07) is 4.53. The van der Waals surface area contributed by atoms with Gasteiger partial charge < -0.3 is 15.2 Å². The van der Waals surface area contributed by atoms with Crippen molar-refractivity contribution in [2.45, 2.75) is 45.8 Å². The van der Waals surface area contributed by atoms with Gasteiger partial charge in [0.25, 0.3) is 0 Å². The van der Waals surface area contributed by atoms with Gasteiger partial charge in [-0.25, -0.2) is 0 Å². The first-order valence-corrected chi connectivity index (χ1v) is 8.05. The van der Waals surface area contributed by atoms with Crippen molar-refractivity contribution in [3.63, 3.8) is 0 Å². The summed E-state index contributed by atoms with van der Waals surface area (Å²) in [4.78, 5) is 1.33. The van der Waals surface area contributed by atoms with Gasteiger partial charge in [0.15, 0.2) is 0 Å². The Balaban J connectivity index is 2.28. The SMILES string of the molecule is CCCCOCC(O)CNC(c1cccs1)C(C)C. The maximum Gasteiger partial charge on any atom is 0.0897 e. The van der Waals surface area contributed by atoms with Crippen molar-refractivity contribution in [1.29, 1.82) is 0 Å². The van der Waals surface area contributed by atoms with Gasteiger partial charge in [0.2, 0.25) is 0 Å². The molecule has 0 bridgehead atoms. The van der Waals surface area contributed by atoms with E-state index in [9.17, 15) is 5.11 Å². The third kappa shape index (κ3) is 6.52. The number of nitrogens with one attached hydrogen (secondary N) is 1. The molecule has 1 rings (SSSR count). The van der Waals surface area contributed by atoms with Crippen molar-refractivity contribution in [2.24, 2.45) is 5.92 Å². The summed E-state index contributed by atoms with van der Waals surface area (Å²) in [7, 11) is 0. The molecule has 0 aliphatic rings. The molecule has 0 radical (unpaired) electrons. The number of unbranched alkanes of at least 4 members (excludes halogenated alkanes) is 1. The van der Waals surface area contributed by atoms with Gasteiger partial charge in [0.1, 0.15) is 0 Å². The highest BCUT2D eigenvalue weighted by Gasteiger charge is 2.17. The second-order valence-corrected chi connectivity index (χ2v) is 6.21. The second kappa shape index (κ2) is 9.48. The van der Waals surface area contributed by atoms with Gasteiger partial charge in [-0.3, -0.25) is 0 Å². The number of hydrogen-bond acceptors (Lipinski definition) is 4. The molecule has 2 atom stereocenters. The van der Waals surface area contributed by atoms with Crippen LogP contribution in [0.5, 0.6) is 0 Å². The molecule has 0 aliphatic carbocycles. The molecule has 3 nitrogen and oxygen atoms in total. The van der Waals surface area contributed by atoms with E-state index in [2.05, 4.69) is 43.6 Å². The topological polar surface area (TPSA) is 41.5 Å². The molecule has 110 valence electrons. The minimum Gasteiger partial charge on any atom is -0.389 e. The summed E-state index contributed by atoms with van der Waals surface area (Å²) in [6.45, 7) is 8.26. The Kier molecular flexibility index (Phi) is 8.30. The highest BCUT2D eigenvalue weighted by molar-refractivity contribution is 7.10. The lowest BCUT2D eigenvalue weighted by Crippen LogP contribution is -2.34. The fraction of sp³-hybridized carbons (Fsp3) is 0.733. The van der Waals surface area contributed by atoms with E-state index < -0.39 is 6.10 Å². The van der Waals surface area contributed by atoms with Crippen LogP contribution in [0.1, 0.15) is 44.5 Å². The zero-order chi connectivity index (χ0) is 14.1. The van der Waals surface area contributed by atoms with Crippen molar-refractivity contribution < 1.29 is 9.84 Å².